The summed E-state index contributed by atoms with van der Waals surface area (Å²) in [7, 11) is 0. The van der Waals surface area contributed by atoms with Gasteiger partial charge in [-0.05, 0) is 29.8 Å². The van der Waals surface area contributed by atoms with E-state index >= 15 is 0 Å². The highest BCUT2D eigenvalue weighted by Gasteiger charge is 2.46. The number of rotatable bonds is 4. The molecule has 4 rings (SSSR count). The number of hydrogen-bond acceptors (Lipinski definition) is 3. The SMILES string of the molecule is O=C1C[C@@H]([NH+]2CCc3ccccc3C2)C(=O)N1c1ccc(SC(F)F)cc1. The number of halogens is 2. The molecule has 1 saturated heterocycles. The second-order valence-electron chi connectivity index (χ2n) is 6.80. The van der Waals surface area contributed by atoms with E-state index < -0.39 is 5.76 Å². The van der Waals surface area contributed by atoms with E-state index in [1.807, 2.05) is 12.1 Å². The Kier molecular flexibility index (Phi) is 4.97. The molecule has 7 heteroatoms. The topological polar surface area (TPSA) is 41.8 Å². The Hall–Kier alpha value is -2.25. The van der Waals surface area contributed by atoms with Gasteiger partial charge in [-0.15, -0.1) is 0 Å². The molecule has 4 nitrogen and oxygen atoms in total. The molecule has 1 fully saturated rings. The lowest BCUT2D eigenvalue weighted by molar-refractivity contribution is -0.930. The molecular weight excluding hydrogens is 370 g/mol. The first kappa shape index (κ1) is 18.1. The van der Waals surface area contributed by atoms with Crippen molar-refractivity contribution in [1.82, 2.24) is 0 Å². The van der Waals surface area contributed by atoms with Crippen LogP contribution in [0, 0.1) is 0 Å². The Morgan fingerprint density at radius 2 is 1.74 bits per heavy atom. The lowest BCUT2D eigenvalue weighted by Gasteiger charge is -2.29. The summed E-state index contributed by atoms with van der Waals surface area (Å²) in [6, 6.07) is 14.0. The first-order chi connectivity index (χ1) is 13.0. The Morgan fingerprint density at radius 3 is 2.44 bits per heavy atom. The van der Waals surface area contributed by atoms with Crippen LogP contribution in [0.25, 0.3) is 0 Å². The Balaban J connectivity index is 1.51. The number of nitrogens with one attached hydrogen (secondary N) is 1. The third-order valence-corrected chi connectivity index (χ3v) is 5.93. The maximum Gasteiger partial charge on any atom is 0.292 e. The number of imide groups is 1. The van der Waals surface area contributed by atoms with Crippen LogP contribution >= 0.6 is 11.8 Å². The lowest BCUT2D eigenvalue weighted by atomic mass is 9.98. The number of thioether (sulfide) groups is 1. The summed E-state index contributed by atoms with van der Waals surface area (Å²) in [6.45, 7) is 1.55. The summed E-state index contributed by atoms with van der Waals surface area (Å²) in [5.41, 5.74) is 2.98. The van der Waals surface area contributed by atoms with Gasteiger partial charge in [0.25, 0.3) is 11.7 Å². The molecule has 0 bridgehead atoms. The van der Waals surface area contributed by atoms with Crippen molar-refractivity contribution in [2.45, 2.75) is 36.1 Å². The second-order valence-corrected chi connectivity index (χ2v) is 7.86. The Bertz CT molecular complexity index is 873. The van der Waals surface area contributed by atoms with Crippen molar-refractivity contribution >= 4 is 29.3 Å². The molecule has 0 saturated carbocycles. The molecule has 1 unspecified atom stereocenters. The molecule has 2 aliphatic rings. The van der Waals surface area contributed by atoms with E-state index in [9.17, 15) is 18.4 Å². The van der Waals surface area contributed by atoms with Crippen LogP contribution in [0.15, 0.2) is 53.4 Å². The van der Waals surface area contributed by atoms with E-state index in [0.29, 0.717) is 22.3 Å². The third-order valence-electron chi connectivity index (χ3n) is 5.21. The van der Waals surface area contributed by atoms with E-state index in [0.717, 1.165) is 24.4 Å². The average molecular weight is 389 g/mol. The molecule has 2 atom stereocenters. The minimum atomic E-state index is -2.50. The zero-order chi connectivity index (χ0) is 19.0. The highest BCUT2D eigenvalue weighted by atomic mass is 32.2. The number of alkyl halides is 2. The predicted molar refractivity (Wildman–Crippen MR) is 98.9 cm³/mol. The number of fused-ring (bicyclic) bond motifs is 1. The van der Waals surface area contributed by atoms with Gasteiger partial charge in [0.1, 0.15) is 6.54 Å². The van der Waals surface area contributed by atoms with E-state index in [2.05, 4.69) is 12.1 Å². The van der Waals surface area contributed by atoms with Crippen molar-refractivity contribution in [3.8, 4) is 0 Å². The summed E-state index contributed by atoms with van der Waals surface area (Å²) < 4.78 is 24.9. The van der Waals surface area contributed by atoms with Crippen LogP contribution in [0.2, 0.25) is 0 Å². The fraction of sp³-hybridized carbons (Fsp3) is 0.300. The number of hydrogen-bond donors (Lipinski definition) is 1. The molecule has 2 aromatic carbocycles. The maximum atomic E-state index is 12.9. The van der Waals surface area contributed by atoms with E-state index in [4.69, 9.17) is 0 Å². The van der Waals surface area contributed by atoms with Crippen molar-refractivity contribution in [2.75, 3.05) is 11.4 Å². The van der Waals surface area contributed by atoms with Crippen LogP contribution in [0.5, 0.6) is 0 Å². The molecule has 2 amide bonds. The molecule has 0 radical (unpaired) electrons. The van der Waals surface area contributed by atoms with Crippen LogP contribution in [0.4, 0.5) is 14.5 Å². The third kappa shape index (κ3) is 3.61. The van der Waals surface area contributed by atoms with E-state index in [-0.39, 0.29) is 24.3 Å². The largest absolute Gasteiger partial charge is 0.320 e. The van der Waals surface area contributed by atoms with Gasteiger partial charge in [-0.3, -0.25) is 9.59 Å². The lowest BCUT2D eigenvalue weighted by Crippen LogP contribution is -3.16. The van der Waals surface area contributed by atoms with Crippen LogP contribution in [0.3, 0.4) is 0 Å². The molecule has 0 aromatic heterocycles. The van der Waals surface area contributed by atoms with Crippen LogP contribution in [-0.4, -0.2) is 30.2 Å². The summed E-state index contributed by atoms with van der Waals surface area (Å²) in [6.07, 6.45) is 1.08. The number of nitrogens with zero attached hydrogens (tertiary/aromatic N) is 1. The number of benzene rings is 2. The van der Waals surface area contributed by atoms with Gasteiger partial charge in [0.2, 0.25) is 5.91 Å². The van der Waals surface area contributed by atoms with Crippen LogP contribution in [0.1, 0.15) is 17.5 Å². The molecule has 2 aliphatic heterocycles. The minimum absolute atomic E-state index is 0.184. The molecule has 140 valence electrons. The number of carbonyl (C=O) groups is 2. The van der Waals surface area contributed by atoms with Crippen molar-refractivity contribution < 1.29 is 23.3 Å². The number of quaternary nitrogens is 1. The number of amides is 2. The minimum Gasteiger partial charge on any atom is -0.320 e. The molecule has 2 aromatic rings. The van der Waals surface area contributed by atoms with Crippen LogP contribution < -0.4 is 9.80 Å². The highest BCUT2D eigenvalue weighted by molar-refractivity contribution is 7.99. The van der Waals surface area contributed by atoms with Crippen LogP contribution in [-0.2, 0) is 22.6 Å². The fourth-order valence-electron chi connectivity index (χ4n) is 3.90. The molecule has 27 heavy (non-hydrogen) atoms. The van der Waals surface area contributed by atoms with Gasteiger partial charge < -0.3 is 4.90 Å². The highest BCUT2D eigenvalue weighted by Crippen LogP contribution is 2.29. The van der Waals surface area contributed by atoms with Gasteiger partial charge in [0.05, 0.1) is 18.7 Å². The standard InChI is InChI=1S/C20H18F2N2O2S/c21-20(22)27-16-7-5-15(6-8-16)24-18(25)11-17(19(24)26)23-10-9-13-3-1-2-4-14(13)12-23/h1-8,17,20H,9-12H2/p+1/t17-/m1/s1. The summed E-state index contributed by atoms with van der Waals surface area (Å²) in [5.74, 6) is -2.94. The molecule has 0 spiro atoms. The van der Waals surface area contributed by atoms with Gasteiger partial charge in [-0.25, -0.2) is 4.90 Å². The molecule has 2 heterocycles. The Morgan fingerprint density at radius 1 is 1.04 bits per heavy atom. The zero-order valence-corrected chi connectivity index (χ0v) is 15.3. The van der Waals surface area contributed by atoms with Gasteiger partial charge in [-0.2, -0.15) is 8.78 Å². The summed E-state index contributed by atoms with van der Waals surface area (Å²) in [5, 5.41) is 0. The first-order valence-corrected chi connectivity index (χ1v) is 9.74. The summed E-state index contributed by atoms with van der Waals surface area (Å²) >= 11 is 0.442. The monoisotopic (exact) mass is 389 g/mol. The molecule has 1 N–H and O–H groups in total. The fourth-order valence-corrected chi connectivity index (χ4v) is 4.40. The normalized spacial score (nSPS) is 22.4. The number of carbonyl (C=O) groups excluding carboxylic acids is 2. The van der Waals surface area contributed by atoms with Gasteiger partial charge in [0, 0.05) is 16.9 Å². The van der Waals surface area contributed by atoms with Gasteiger partial charge in [-0.1, -0.05) is 36.0 Å². The molecular formula is C20H19F2N2O2S+. The van der Waals surface area contributed by atoms with E-state index in [1.165, 1.54) is 28.2 Å². The second kappa shape index (κ2) is 7.40. The summed E-state index contributed by atoms with van der Waals surface area (Å²) in [4.78, 5) is 28.2. The van der Waals surface area contributed by atoms with Crippen molar-refractivity contribution in [1.29, 1.82) is 0 Å². The van der Waals surface area contributed by atoms with Crippen molar-refractivity contribution in [3.63, 3.8) is 0 Å². The van der Waals surface area contributed by atoms with E-state index in [1.54, 1.807) is 12.1 Å². The Labute approximate surface area is 160 Å². The maximum absolute atomic E-state index is 12.9. The first-order valence-electron chi connectivity index (χ1n) is 8.86. The quantitative estimate of drug-likeness (QED) is 0.644. The predicted octanol–water partition coefficient (Wildman–Crippen LogP) is 2.27. The van der Waals surface area contributed by atoms with Crippen molar-refractivity contribution in [3.05, 3.63) is 59.7 Å². The zero-order valence-electron chi connectivity index (χ0n) is 14.5. The van der Waals surface area contributed by atoms with Gasteiger partial charge >= 0.3 is 0 Å². The molecule has 0 aliphatic carbocycles. The van der Waals surface area contributed by atoms with Crippen molar-refractivity contribution in [2.24, 2.45) is 0 Å². The smallest absolute Gasteiger partial charge is 0.292 e. The number of anilines is 1. The van der Waals surface area contributed by atoms with Gasteiger partial charge in [0.15, 0.2) is 6.04 Å². The average Bonchev–Trinajstić information content (AvgIpc) is 2.96.